The second kappa shape index (κ2) is 4.88. The van der Waals surface area contributed by atoms with Crippen molar-refractivity contribution in [3.05, 3.63) is 11.6 Å². The van der Waals surface area contributed by atoms with Crippen LogP contribution in [0.5, 0.6) is 0 Å². The lowest BCUT2D eigenvalue weighted by atomic mass is 10.1. The molecule has 0 radical (unpaired) electrons. The van der Waals surface area contributed by atoms with Crippen LogP contribution in [0.25, 0.3) is 11.2 Å². The van der Waals surface area contributed by atoms with E-state index in [9.17, 15) is 15.3 Å². The van der Waals surface area contributed by atoms with Gasteiger partial charge in [-0.1, -0.05) is 0 Å². The summed E-state index contributed by atoms with van der Waals surface area (Å²) in [5, 5.41) is 29.2. The van der Waals surface area contributed by atoms with Crippen LogP contribution in [0.4, 0.5) is 5.82 Å². The van der Waals surface area contributed by atoms with Crippen molar-refractivity contribution >= 4 is 17.0 Å². The van der Waals surface area contributed by atoms with Crippen LogP contribution >= 0.6 is 0 Å². The molecule has 0 aromatic carbocycles. The van der Waals surface area contributed by atoms with Gasteiger partial charge in [0.15, 0.2) is 23.2 Å². The van der Waals surface area contributed by atoms with E-state index in [4.69, 9.17) is 10.5 Å². The molecule has 5 N–H and O–H groups in total. The second-order valence-corrected chi connectivity index (χ2v) is 5.09. The molecule has 0 spiro atoms. The number of nitrogen functional groups attached to an aromatic ring is 1. The number of ether oxygens (including phenoxy) is 1. The van der Waals surface area contributed by atoms with E-state index in [1.807, 2.05) is 0 Å². The van der Waals surface area contributed by atoms with E-state index < -0.39 is 31.1 Å². The molecule has 21 heavy (non-hydrogen) atoms. The van der Waals surface area contributed by atoms with Gasteiger partial charge < -0.3 is 25.8 Å². The van der Waals surface area contributed by atoms with E-state index in [1.165, 1.54) is 0 Å². The summed E-state index contributed by atoms with van der Waals surface area (Å²) in [6.45, 7) is 3.02. The summed E-state index contributed by atoms with van der Waals surface area (Å²) < 4.78 is 7.08. The third kappa shape index (κ3) is 2.05. The summed E-state index contributed by atoms with van der Waals surface area (Å²) in [5.41, 5.74) is 6.67. The number of aliphatic hydroxyl groups is 3. The van der Waals surface area contributed by atoms with Gasteiger partial charge in [0.2, 0.25) is 0 Å². The van der Waals surface area contributed by atoms with Crippen molar-refractivity contribution in [2.45, 2.75) is 38.4 Å². The van der Waals surface area contributed by atoms with Crippen LogP contribution in [0.1, 0.15) is 17.9 Å². The normalized spacial score (nSPS) is 29.4. The first-order valence-corrected chi connectivity index (χ1v) is 6.55. The molecular weight excluding hydrogens is 278 g/mol. The van der Waals surface area contributed by atoms with Crippen LogP contribution in [0, 0.1) is 13.8 Å². The number of imidazole rings is 1. The van der Waals surface area contributed by atoms with Crippen LogP contribution in [0.15, 0.2) is 0 Å². The quantitative estimate of drug-likeness (QED) is 0.532. The van der Waals surface area contributed by atoms with Crippen molar-refractivity contribution in [3.63, 3.8) is 0 Å². The largest absolute Gasteiger partial charge is 0.394 e. The first kappa shape index (κ1) is 14.1. The van der Waals surface area contributed by atoms with E-state index in [0.29, 0.717) is 22.8 Å². The number of hydrogen-bond acceptors (Lipinski definition) is 8. The maximum atomic E-state index is 10.1. The summed E-state index contributed by atoms with van der Waals surface area (Å²) in [7, 11) is 0. The van der Waals surface area contributed by atoms with Crippen molar-refractivity contribution in [1.82, 2.24) is 19.5 Å². The van der Waals surface area contributed by atoms with Gasteiger partial charge in [-0.2, -0.15) is 0 Å². The van der Waals surface area contributed by atoms with Gasteiger partial charge in [0.1, 0.15) is 30.0 Å². The van der Waals surface area contributed by atoms with Gasteiger partial charge in [0.25, 0.3) is 0 Å². The predicted molar refractivity (Wildman–Crippen MR) is 72.2 cm³/mol. The third-order valence-electron chi connectivity index (χ3n) is 3.63. The number of rotatable bonds is 2. The Morgan fingerprint density at radius 2 is 1.90 bits per heavy atom. The Hall–Kier alpha value is -1.81. The number of nitrogens with two attached hydrogens (primary N) is 1. The fourth-order valence-electron chi connectivity index (χ4n) is 2.62. The highest BCUT2D eigenvalue weighted by Gasteiger charge is 2.44. The van der Waals surface area contributed by atoms with Gasteiger partial charge in [0.05, 0.1) is 6.61 Å². The van der Waals surface area contributed by atoms with Gasteiger partial charge >= 0.3 is 0 Å². The molecule has 2 aromatic heterocycles. The molecule has 1 aliphatic rings. The van der Waals surface area contributed by atoms with Crippen LogP contribution in [-0.2, 0) is 4.74 Å². The van der Waals surface area contributed by atoms with Crippen molar-refractivity contribution in [1.29, 1.82) is 0 Å². The Morgan fingerprint density at radius 3 is 2.52 bits per heavy atom. The molecule has 1 aliphatic heterocycles. The highest BCUT2D eigenvalue weighted by atomic mass is 16.6. The SMILES string of the molecule is Cc1nc(N)c2nc(C)n([C@@H]3O[C@H](CO)C(O)C3O)c2n1. The molecular formula is C12H17N5O4. The first-order valence-electron chi connectivity index (χ1n) is 6.55. The highest BCUT2D eigenvalue weighted by Crippen LogP contribution is 2.33. The monoisotopic (exact) mass is 295 g/mol. The van der Waals surface area contributed by atoms with Crippen molar-refractivity contribution < 1.29 is 20.1 Å². The molecule has 3 rings (SSSR count). The van der Waals surface area contributed by atoms with Gasteiger partial charge in [-0.05, 0) is 13.8 Å². The summed E-state index contributed by atoms with van der Waals surface area (Å²) in [4.78, 5) is 12.6. The lowest BCUT2D eigenvalue weighted by Crippen LogP contribution is -2.33. The molecule has 9 nitrogen and oxygen atoms in total. The number of nitrogens with zero attached hydrogens (tertiary/aromatic N) is 4. The Balaban J connectivity index is 2.15. The van der Waals surface area contributed by atoms with Crippen molar-refractivity contribution in [3.8, 4) is 0 Å². The van der Waals surface area contributed by atoms with Crippen LogP contribution in [-0.4, -0.2) is 59.8 Å². The maximum Gasteiger partial charge on any atom is 0.168 e. The molecule has 0 saturated carbocycles. The Bertz CT molecular complexity index is 688. The summed E-state index contributed by atoms with van der Waals surface area (Å²) in [6.07, 6.45) is -4.13. The third-order valence-corrected chi connectivity index (χ3v) is 3.63. The number of fused-ring (bicyclic) bond motifs is 1. The van der Waals surface area contributed by atoms with Crippen molar-refractivity contribution in [2.24, 2.45) is 0 Å². The minimum atomic E-state index is -1.20. The lowest BCUT2D eigenvalue weighted by molar-refractivity contribution is -0.0519. The zero-order valence-electron chi connectivity index (χ0n) is 11.6. The molecule has 114 valence electrons. The van der Waals surface area contributed by atoms with Gasteiger partial charge in [-0.15, -0.1) is 0 Å². The average Bonchev–Trinajstić information content (AvgIpc) is 2.89. The fourth-order valence-corrected chi connectivity index (χ4v) is 2.62. The molecule has 4 atom stereocenters. The number of anilines is 1. The van der Waals surface area contributed by atoms with E-state index >= 15 is 0 Å². The molecule has 2 unspecified atom stereocenters. The van der Waals surface area contributed by atoms with Crippen LogP contribution in [0.2, 0.25) is 0 Å². The minimum absolute atomic E-state index is 0.242. The highest BCUT2D eigenvalue weighted by molar-refractivity contribution is 5.82. The van der Waals surface area contributed by atoms with E-state index in [0.717, 1.165) is 0 Å². The molecule has 0 aliphatic carbocycles. The zero-order valence-corrected chi connectivity index (χ0v) is 11.6. The average molecular weight is 295 g/mol. The summed E-state index contributed by atoms with van der Waals surface area (Å²) in [5.74, 6) is 1.23. The lowest BCUT2D eigenvalue weighted by Gasteiger charge is -2.18. The number of aromatic nitrogens is 4. The minimum Gasteiger partial charge on any atom is -0.394 e. The van der Waals surface area contributed by atoms with E-state index in [2.05, 4.69) is 15.0 Å². The molecule has 1 fully saturated rings. The van der Waals surface area contributed by atoms with Crippen LogP contribution < -0.4 is 5.73 Å². The topological polar surface area (TPSA) is 140 Å². The van der Waals surface area contributed by atoms with E-state index in [-0.39, 0.29) is 5.82 Å². The van der Waals surface area contributed by atoms with Gasteiger partial charge in [-0.25, -0.2) is 15.0 Å². The first-order chi connectivity index (χ1) is 9.93. The number of aliphatic hydroxyl groups excluding tert-OH is 3. The van der Waals surface area contributed by atoms with Crippen LogP contribution in [0.3, 0.4) is 0 Å². The second-order valence-electron chi connectivity index (χ2n) is 5.09. The maximum absolute atomic E-state index is 10.1. The molecule has 9 heteroatoms. The number of hydrogen-bond donors (Lipinski definition) is 4. The number of aryl methyl sites for hydroxylation is 2. The predicted octanol–water partition coefficient (Wildman–Crippen LogP) is -1.36. The summed E-state index contributed by atoms with van der Waals surface area (Å²) >= 11 is 0. The van der Waals surface area contributed by atoms with Crippen molar-refractivity contribution in [2.75, 3.05) is 12.3 Å². The Labute approximate surface area is 120 Å². The zero-order chi connectivity index (χ0) is 15.3. The molecule has 3 heterocycles. The van der Waals surface area contributed by atoms with Gasteiger partial charge in [-0.3, -0.25) is 4.57 Å². The molecule has 2 aromatic rings. The Kier molecular flexibility index (Phi) is 3.29. The summed E-state index contributed by atoms with van der Waals surface area (Å²) in [6, 6.07) is 0. The standard InChI is InChI=1S/C12H17N5O4/c1-4-14-10(13)7-11(15-4)17(5(2)16-7)12-9(20)8(19)6(3-18)21-12/h6,8-9,12,18-20H,3H2,1-2H3,(H2,13,14,15)/t6-,8?,9?,12-/m1/s1. The smallest absolute Gasteiger partial charge is 0.168 e. The molecule has 0 bridgehead atoms. The fraction of sp³-hybridized carbons (Fsp3) is 0.583. The molecule has 0 amide bonds. The van der Waals surface area contributed by atoms with E-state index in [1.54, 1.807) is 18.4 Å². The molecule has 1 saturated heterocycles. The van der Waals surface area contributed by atoms with Gasteiger partial charge in [0, 0.05) is 0 Å². The Morgan fingerprint density at radius 1 is 1.19 bits per heavy atom.